The van der Waals surface area contributed by atoms with Crippen LogP contribution in [0.5, 0.6) is 0 Å². The number of anilines is 1. The van der Waals surface area contributed by atoms with E-state index in [0.717, 1.165) is 28.2 Å². The third-order valence-electron chi connectivity index (χ3n) is 2.47. The highest BCUT2D eigenvalue weighted by Gasteiger charge is 2.04. The second-order valence-electron chi connectivity index (χ2n) is 3.44. The number of hydrogen-bond acceptors (Lipinski definition) is 2. The number of fused-ring (bicyclic) bond motifs is 1. The van der Waals surface area contributed by atoms with Crippen molar-refractivity contribution in [1.82, 2.24) is 4.98 Å². The zero-order valence-corrected chi connectivity index (χ0v) is 9.60. The van der Waals surface area contributed by atoms with Gasteiger partial charge in [0.15, 0.2) is 0 Å². The number of benzene rings is 1. The highest BCUT2D eigenvalue weighted by Crippen LogP contribution is 2.23. The van der Waals surface area contributed by atoms with Gasteiger partial charge in [0.2, 0.25) is 0 Å². The molecule has 0 saturated carbocycles. The van der Waals surface area contributed by atoms with E-state index in [9.17, 15) is 0 Å². The molecule has 0 bridgehead atoms. The van der Waals surface area contributed by atoms with Gasteiger partial charge in [0.1, 0.15) is 5.82 Å². The van der Waals surface area contributed by atoms with Crippen LogP contribution in [0, 0.1) is 0 Å². The van der Waals surface area contributed by atoms with Gasteiger partial charge in [0, 0.05) is 17.5 Å². The van der Waals surface area contributed by atoms with Crippen molar-refractivity contribution in [2.45, 2.75) is 13.3 Å². The summed E-state index contributed by atoms with van der Waals surface area (Å²) in [6.45, 7) is 2.12. The van der Waals surface area contributed by atoms with Crippen LogP contribution in [0.25, 0.3) is 10.9 Å². The van der Waals surface area contributed by atoms with E-state index in [-0.39, 0.29) is 0 Å². The van der Waals surface area contributed by atoms with Gasteiger partial charge in [-0.15, -0.1) is 0 Å². The maximum atomic E-state index is 5.94. The lowest BCUT2D eigenvalue weighted by molar-refractivity contribution is 1.12. The number of hydrogen-bond donors (Lipinski definition) is 1. The lowest BCUT2D eigenvalue weighted by Crippen LogP contribution is -1.98. The van der Waals surface area contributed by atoms with Crippen LogP contribution in [0.1, 0.15) is 12.5 Å². The molecule has 0 atom stereocenters. The number of aryl methyl sites for hydroxylation is 1. The van der Waals surface area contributed by atoms with Gasteiger partial charge in [-0.05, 0) is 36.2 Å². The van der Waals surface area contributed by atoms with Gasteiger partial charge < -0.3 is 5.32 Å². The third kappa shape index (κ3) is 1.90. The average molecular weight is 221 g/mol. The monoisotopic (exact) mass is 220 g/mol. The van der Waals surface area contributed by atoms with E-state index in [1.54, 1.807) is 0 Å². The molecule has 0 aliphatic rings. The summed E-state index contributed by atoms with van der Waals surface area (Å²) in [6, 6.07) is 7.89. The van der Waals surface area contributed by atoms with E-state index >= 15 is 0 Å². The Morgan fingerprint density at radius 1 is 1.33 bits per heavy atom. The summed E-state index contributed by atoms with van der Waals surface area (Å²) in [5.41, 5.74) is 2.19. The zero-order valence-electron chi connectivity index (χ0n) is 8.84. The number of rotatable bonds is 2. The van der Waals surface area contributed by atoms with Gasteiger partial charge in [0.25, 0.3) is 0 Å². The Labute approximate surface area is 94.3 Å². The lowest BCUT2D eigenvalue weighted by Gasteiger charge is -2.08. The molecule has 2 rings (SSSR count). The van der Waals surface area contributed by atoms with Crippen molar-refractivity contribution in [2.75, 3.05) is 12.4 Å². The van der Waals surface area contributed by atoms with Gasteiger partial charge in [0.05, 0.1) is 5.52 Å². The predicted octanol–water partition coefficient (Wildman–Crippen LogP) is 3.49. The van der Waals surface area contributed by atoms with Gasteiger partial charge in [-0.1, -0.05) is 18.5 Å². The van der Waals surface area contributed by atoms with E-state index < -0.39 is 0 Å². The van der Waals surface area contributed by atoms with Crippen molar-refractivity contribution in [1.29, 1.82) is 0 Å². The van der Waals surface area contributed by atoms with Crippen LogP contribution in [0.3, 0.4) is 0 Å². The van der Waals surface area contributed by atoms with Crippen LogP contribution in [0.15, 0.2) is 24.3 Å². The highest BCUT2D eigenvalue weighted by molar-refractivity contribution is 6.31. The fourth-order valence-electron chi connectivity index (χ4n) is 1.68. The first kappa shape index (κ1) is 10.2. The molecule has 0 aliphatic heterocycles. The standard InChI is InChI=1S/C12H13ClN2/c1-3-8-6-9-7-10(13)4-5-11(9)15-12(8)14-2/h4-7H,3H2,1-2H3,(H,14,15). The zero-order chi connectivity index (χ0) is 10.8. The molecule has 2 nitrogen and oxygen atoms in total. The SMILES string of the molecule is CCc1cc2cc(Cl)ccc2nc1NC. The molecule has 1 heterocycles. The first-order chi connectivity index (χ1) is 7.24. The summed E-state index contributed by atoms with van der Waals surface area (Å²) in [4.78, 5) is 4.54. The maximum Gasteiger partial charge on any atom is 0.129 e. The average Bonchev–Trinajstić information content (AvgIpc) is 2.27. The molecule has 78 valence electrons. The van der Waals surface area contributed by atoms with Crippen molar-refractivity contribution >= 4 is 28.3 Å². The van der Waals surface area contributed by atoms with E-state index in [2.05, 4.69) is 23.3 Å². The molecule has 1 aromatic heterocycles. The molecule has 0 fully saturated rings. The molecule has 1 aromatic carbocycles. The van der Waals surface area contributed by atoms with E-state index in [1.165, 1.54) is 5.56 Å². The van der Waals surface area contributed by atoms with Gasteiger partial charge in [-0.25, -0.2) is 4.98 Å². The summed E-state index contributed by atoms with van der Waals surface area (Å²) in [5.74, 6) is 0.951. The number of nitrogens with one attached hydrogen (secondary N) is 1. The van der Waals surface area contributed by atoms with Gasteiger partial charge in [-0.2, -0.15) is 0 Å². The molecule has 3 heteroatoms. The molecular weight excluding hydrogens is 208 g/mol. The lowest BCUT2D eigenvalue weighted by atomic mass is 10.1. The highest BCUT2D eigenvalue weighted by atomic mass is 35.5. The Morgan fingerprint density at radius 3 is 2.80 bits per heavy atom. The topological polar surface area (TPSA) is 24.9 Å². The first-order valence-electron chi connectivity index (χ1n) is 5.01. The third-order valence-corrected chi connectivity index (χ3v) is 2.71. The summed E-state index contributed by atoms with van der Waals surface area (Å²) < 4.78 is 0. The van der Waals surface area contributed by atoms with Crippen molar-refractivity contribution in [3.63, 3.8) is 0 Å². The molecule has 0 radical (unpaired) electrons. The Hall–Kier alpha value is -1.28. The van der Waals surface area contributed by atoms with Gasteiger partial charge >= 0.3 is 0 Å². The minimum absolute atomic E-state index is 0.753. The van der Waals surface area contributed by atoms with Crippen molar-refractivity contribution < 1.29 is 0 Å². The van der Waals surface area contributed by atoms with Crippen LogP contribution in [0.4, 0.5) is 5.82 Å². The quantitative estimate of drug-likeness (QED) is 0.838. The second kappa shape index (κ2) is 4.07. The van der Waals surface area contributed by atoms with Crippen molar-refractivity contribution in [3.05, 3.63) is 34.9 Å². The van der Waals surface area contributed by atoms with E-state index in [0.29, 0.717) is 0 Å². The number of halogens is 1. The second-order valence-corrected chi connectivity index (χ2v) is 3.87. The number of nitrogens with zero attached hydrogens (tertiary/aromatic N) is 1. The molecule has 2 aromatic rings. The summed E-state index contributed by atoms with van der Waals surface area (Å²) in [7, 11) is 1.89. The van der Waals surface area contributed by atoms with E-state index in [1.807, 2.05) is 25.2 Å². The molecule has 15 heavy (non-hydrogen) atoms. The minimum Gasteiger partial charge on any atom is -0.373 e. The molecule has 0 aliphatic carbocycles. The van der Waals surface area contributed by atoms with Crippen molar-refractivity contribution in [2.24, 2.45) is 0 Å². The van der Waals surface area contributed by atoms with Crippen LogP contribution < -0.4 is 5.32 Å². The molecule has 0 spiro atoms. The molecule has 0 unspecified atom stereocenters. The molecule has 1 N–H and O–H groups in total. The Bertz CT molecular complexity index is 494. The minimum atomic E-state index is 0.753. The first-order valence-corrected chi connectivity index (χ1v) is 5.39. The van der Waals surface area contributed by atoms with Crippen LogP contribution in [0.2, 0.25) is 5.02 Å². The molecular formula is C12H13ClN2. The fourth-order valence-corrected chi connectivity index (χ4v) is 1.86. The van der Waals surface area contributed by atoms with E-state index in [4.69, 9.17) is 11.6 Å². The van der Waals surface area contributed by atoms with Crippen LogP contribution in [-0.4, -0.2) is 12.0 Å². The Kier molecular flexibility index (Phi) is 2.78. The molecule has 0 saturated heterocycles. The number of pyridine rings is 1. The summed E-state index contributed by atoms with van der Waals surface area (Å²) in [5, 5.41) is 4.96. The summed E-state index contributed by atoms with van der Waals surface area (Å²) in [6.07, 6.45) is 0.964. The smallest absolute Gasteiger partial charge is 0.129 e. The predicted molar refractivity (Wildman–Crippen MR) is 65.7 cm³/mol. The van der Waals surface area contributed by atoms with Crippen LogP contribution in [-0.2, 0) is 6.42 Å². The summed E-state index contributed by atoms with van der Waals surface area (Å²) >= 11 is 5.94. The number of aromatic nitrogens is 1. The largest absolute Gasteiger partial charge is 0.373 e. The van der Waals surface area contributed by atoms with Gasteiger partial charge in [-0.3, -0.25) is 0 Å². The normalized spacial score (nSPS) is 10.6. The maximum absolute atomic E-state index is 5.94. The fraction of sp³-hybridized carbons (Fsp3) is 0.250. The Morgan fingerprint density at radius 2 is 2.13 bits per heavy atom. The molecule has 0 amide bonds. The van der Waals surface area contributed by atoms with Crippen molar-refractivity contribution in [3.8, 4) is 0 Å². The van der Waals surface area contributed by atoms with Crippen LogP contribution >= 0.6 is 11.6 Å². The Balaban J connectivity index is 2.69.